The van der Waals surface area contributed by atoms with E-state index >= 15 is 0 Å². The molecule has 2 heterocycles. The van der Waals surface area contributed by atoms with Crippen molar-refractivity contribution in [2.75, 3.05) is 38.6 Å². The van der Waals surface area contributed by atoms with Crippen molar-refractivity contribution in [3.8, 4) is 0 Å². The fourth-order valence-corrected chi connectivity index (χ4v) is 7.42. The summed E-state index contributed by atoms with van der Waals surface area (Å²) in [7, 11) is 0.287. The summed E-state index contributed by atoms with van der Waals surface area (Å²) in [6, 6.07) is 11.9. The van der Waals surface area contributed by atoms with Crippen molar-refractivity contribution in [3.63, 3.8) is 0 Å². The van der Waals surface area contributed by atoms with Crippen LogP contribution in [0.5, 0.6) is 0 Å². The van der Waals surface area contributed by atoms with E-state index in [0.717, 1.165) is 30.4 Å². The molecule has 0 N–H and O–H groups in total. The molecular weight excluding hydrogens is 539 g/mol. The van der Waals surface area contributed by atoms with Gasteiger partial charge in [-0.1, -0.05) is 42.3 Å². The molecule has 1 atom stereocenters. The number of piperidine rings is 1. The maximum atomic E-state index is 13.6. The molecule has 0 spiro atoms. The van der Waals surface area contributed by atoms with Crippen molar-refractivity contribution in [3.05, 3.63) is 53.1 Å². The third kappa shape index (κ3) is 6.03. The number of carbonyl (C=O) groups is 1. The number of anilines is 1. The highest BCUT2D eigenvalue weighted by atomic mass is 35.5. The molecule has 0 aliphatic carbocycles. The number of nitrogens with zero attached hydrogens (tertiary/aromatic N) is 4. The number of thiazole rings is 1. The molecule has 0 bridgehead atoms. The molecule has 1 aliphatic heterocycles. The first kappa shape index (κ1) is 28.8. The quantitative estimate of drug-likeness (QED) is 0.356. The summed E-state index contributed by atoms with van der Waals surface area (Å²) in [5.74, 6) is -0.226. The summed E-state index contributed by atoms with van der Waals surface area (Å²) in [6.45, 7) is 3.66. The number of amides is 1. The molecule has 4 rings (SSSR count). The van der Waals surface area contributed by atoms with Crippen LogP contribution in [0, 0.1) is 0 Å². The molecule has 196 valence electrons. The van der Waals surface area contributed by atoms with Gasteiger partial charge in [-0.3, -0.25) is 9.69 Å². The third-order valence-electron chi connectivity index (χ3n) is 6.36. The van der Waals surface area contributed by atoms with Gasteiger partial charge < -0.3 is 4.90 Å². The van der Waals surface area contributed by atoms with E-state index < -0.39 is 10.0 Å². The van der Waals surface area contributed by atoms with E-state index in [-0.39, 0.29) is 29.3 Å². The minimum atomic E-state index is -3.60. The lowest BCUT2D eigenvalue weighted by molar-refractivity contribution is 0.0985. The zero-order chi connectivity index (χ0) is 25.2. The van der Waals surface area contributed by atoms with Crippen LogP contribution in [0.25, 0.3) is 10.2 Å². The Hall–Kier alpha value is -1.75. The molecule has 0 radical (unpaired) electrons. The van der Waals surface area contributed by atoms with Crippen molar-refractivity contribution in [1.29, 1.82) is 0 Å². The SMILES string of the molecule is CCC1CCCCN1S(=O)(=O)c1ccc(C(=O)N(CCN(C)C)c2nc3c(Cl)cccc3s2)cc1.Cl. The van der Waals surface area contributed by atoms with Gasteiger partial charge in [-0.15, -0.1) is 12.4 Å². The Balaban J connectivity index is 0.00000361. The normalized spacial score (nSPS) is 16.8. The van der Waals surface area contributed by atoms with Gasteiger partial charge >= 0.3 is 0 Å². The highest BCUT2D eigenvalue weighted by Crippen LogP contribution is 2.34. The van der Waals surface area contributed by atoms with E-state index in [1.54, 1.807) is 39.5 Å². The van der Waals surface area contributed by atoms with Gasteiger partial charge in [0.2, 0.25) is 10.0 Å². The number of sulfonamides is 1. The number of hydrogen-bond acceptors (Lipinski definition) is 6. The van der Waals surface area contributed by atoms with Crippen LogP contribution in [-0.4, -0.2) is 68.3 Å². The molecular formula is C25H32Cl2N4O3S2. The van der Waals surface area contributed by atoms with Gasteiger partial charge in [0.05, 0.1) is 14.6 Å². The van der Waals surface area contributed by atoms with Crippen molar-refractivity contribution in [1.82, 2.24) is 14.2 Å². The molecule has 1 unspecified atom stereocenters. The second kappa shape index (κ2) is 12.2. The van der Waals surface area contributed by atoms with E-state index in [4.69, 9.17) is 11.6 Å². The molecule has 11 heteroatoms. The van der Waals surface area contributed by atoms with Gasteiger partial charge in [-0.05, 0) is 69.8 Å². The topological polar surface area (TPSA) is 73.8 Å². The average Bonchev–Trinajstić information content (AvgIpc) is 3.29. The number of carbonyl (C=O) groups excluding carboxylic acids is 1. The standard InChI is InChI=1S/C25H31ClN4O3S2.ClH/c1-4-19-8-5-6-15-30(19)35(32,33)20-13-11-18(12-14-20)24(31)29(17-16-28(2)3)25-27-23-21(26)9-7-10-22(23)34-25;/h7,9-14,19H,4-6,8,15-17H2,1-3H3;1H. The first-order valence-electron chi connectivity index (χ1n) is 11.9. The van der Waals surface area contributed by atoms with Crippen molar-refractivity contribution in [2.24, 2.45) is 0 Å². The first-order valence-corrected chi connectivity index (χ1v) is 14.5. The van der Waals surface area contributed by atoms with Crippen molar-refractivity contribution >= 4 is 66.6 Å². The Morgan fingerprint density at radius 2 is 1.86 bits per heavy atom. The lowest BCUT2D eigenvalue weighted by Crippen LogP contribution is -2.43. The maximum absolute atomic E-state index is 13.6. The Morgan fingerprint density at radius 3 is 2.50 bits per heavy atom. The molecule has 1 aliphatic rings. The van der Waals surface area contributed by atoms with E-state index in [2.05, 4.69) is 4.98 Å². The summed E-state index contributed by atoms with van der Waals surface area (Å²) < 4.78 is 29.1. The maximum Gasteiger partial charge on any atom is 0.260 e. The average molecular weight is 572 g/mol. The second-order valence-corrected chi connectivity index (χ2v) is 12.3. The number of halogens is 2. The second-order valence-electron chi connectivity index (χ2n) is 9.04. The zero-order valence-corrected chi connectivity index (χ0v) is 23.9. The monoisotopic (exact) mass is 570 g/mol. The van der Waals surface area contributed by atoms with Crippen molar-refractivity contribution < 1.29 is 13.2 Å². The van der Waals surface area contributed by atoms with Crippen LogP contribution >= 0.6 is 35.3 Å². The van der Waals surface area contributed by atoms with Gasteiger partial charge in [-0.2, -0.15) is 4.31 Å². The van der Waals surface area contributed by atoms with Crippen LogP contribution in [0.2, 0.25) is 5.02 Å². The fraction of sp³-hybridized carbons (Fsp3) is 0.440. The molecule has 0 saturated carbocycles. The minimum absolute atomic E-state index is 0. The van der Waals surface area contributed by atoms with Crippen LogP contribution in [0.4, 0.5) is 5.13 Å². The van der Waals surface area contributed by atoms with Gasteiger partial charge in [0.25, 0.3) is 5.91 Å². The molecule has 1 aromatic heterocycles. The Kier molecular flexibility index (Phi) is 9.76. The van der Waals surface area contributed by atoms with E-state index in [1.807, 2.05) is 38.1 Å². The van der Waals surface area contributed by atoms with E-state index in [9.17, 15) is 13.2 Å². The van der Waals surface area contributed by atoms with E-state index in [0.29, 0.717) is 40.9 Å². The van der Waals surface area contributed by atoms with Crippen LogP contribution in [0.3, 0.4) is 0 Å². The highest BCUT2D eigenvalue weighted by Gasteiger charge is 2.32. The minimum Gasteiger partial charge on any atom is -0.308 e. The van der Waals surface area contributed by atoms with Crippen LogP contribution < -0.4 is 4.90 Å². The molecule has 36 heavy (non-hydrogen) atoms. The molecule has 7 nitrogen and oxygen atoms in total. The Morgan fingerprint density at radius 1 is 1.14 bits per heavy atom. The number of rotatable bonds is 8. The summed E-state index contributed by atoms with van der Waals surface area (Å²) in [5.41, 5.74) is 1.09. The summed E-state index contributed by atoms with van der Waals surface area (Å²) >= 11 is 7.73. The number of aromatic nitrogens is 1. The highest BCUT2D eigenvalue weighted by molar-refractivity contribution is 7.89. The lowest BCUT2D eigenvalue weighted by atomic mass is 10.0. The Bertz CT molecular complexity index is 1300. The largest absolute Gasteiger partial charge is 0.308 e. The zero-order valence-electron chi connectivity index (χ0n) is 20.7. The molecule has 1 saturated heterocycles. The van der Waals surface area contributed by atoms with Crippen LogP contribution in [0.15, 0.2) is 47.4 Å². The molecule has 2 aromatic carbocycles. The van der Waals surface area contributed by atoms with Gasteiger partial charge in [0.1, 0.15) is 5.52 Å². The number of benzene rings is 2. The van der Waals surface area contributed by atoms with Crippen LogP contribution in [0.1, 0.15) is 43.0 Å². The Labute approximate surface area is 228 Å². The molecule has 1 amide bonds. The molecule has 3 aromatic rings. The van der Waals surface area contributed by atoms with Crippen molar-refractivity contribution in [2.45, 2.75) is 43.5 Å². The molecule has 1 fully saturated rings. The fourth-order valence-electron chi connectivity index (χ4n) is 4.36. The number of para-hydroxylation sites is 1. The summed E-state index contributed by atoms with van der Waals surface area (Å²) in [5, 5.41) is 1.11. The lowest BCUT2D eigenvalue weighted by Gasteiger charge is -2.34. The number of likely N-dealkylation sites (N-methyl/N-ethyl adjacent to an activating group) is 1. The summed E-state index contributed by atoms with van der Waals surface area (Å²) in [4.78, 5) is 22.1. The van der Waals surface area contributed by atoms with Crippen LogP contribution in [-0.2, 0) is 10.0 Å². The van der Waals surface area contributed by atoms with Gasteiger partial charge in [0, 0.05) is 31.2 Å². The predicted molar refractivity (Wildman–Crippen MR) is 150 cm³/mol. The smallest absolute Gasteiger partial charge is 0.260 e. The van der Waals surface area contributed by atoms with Gasteiger partial charge in [-0.25, -0.2) is 13.4 Å². The summed E-state index contributed by atoms with van der Waals surface area (Å²) in [6.07, 6.45) is 3.61. The number of fused-ring (bicyclic) bond motifs is 1. The number of hydrogen-bond donors (Lipinski definition) is 0. The third-order valence-corrected chi connectivity index (χ3v) is 9.67. The predicted octanol–water partition coefficient (Wildman–Crippen LogP) is 5.53. The van der Waals surface area contributed by atoms with E-state index in [1.165, 1.54) is 11.3 Å². The first-order chi connectivity index (χ1) is 16.7. The van der Waals surface area contributed by atoms with Gasteiger partial charge in [0.15, 0.2) is 5.13 Å².